The molecule has 0 aliphatic rings. The number of halogens is 2. The highest BCUT2D eigenvalue weighted by Crippen LogP contribution is 2.18. The number of furan rings is 1. The van der Waals surface area contributed by atoms with Gasteiger partial charge in [0.2, 0.25) is 0 Å². The van der Waals surface area contributed by atoms with Crippen LogP contribution in [0.2, 0.25) is 0 Å². The molecule has 0 aliphatic heterocycles. The summed E-state index contributed by atoms with van der Waals surface area (Å²) in [7, 11) is 0. The maximum atomic E-state index is 11.9. The predicted molar refractivity (Wildman–Crippen MR) is 59.7 cm³/mol. The minimum Gasteiger partial charge on any atom is -0.472 e. The van der Waals surface area contributed by atoms with E-state index in [0.29, 0.717) is 11.3 Å². The van der Waals surface area contributed by atoms with Gasteiger partial charge in [-0.1, -0.05) is 0 Å². The summed E-state index contributed by atoms with van der Waals surface area (Å²) >= 11 is 0. The lowest BCUT2D eigenvalue weighted by molar-refractivity contribution is -0.0498. The fourth-order valence-corrected chi connectivity index (χ4v) is 1.32. The first kappa shape index (κ1) is 12.1. The number of hydrogen-bond donors (Lipinski definition) is 1. The lowest BCUT2D eigenvalue weighted by atomic mass is 10.2. The molecule has 1 amide bonds. The summed E-state index contributed by atoms with van der Waals surface area (Å²) in [6.07, 6.45) is 2.69. The molecule has 6 heteroatoms. The quantitative estimate of drug-likeness (QED) is 0.910. The number of anilines is 1. The molecule has 0 bridgehead atoms. The average Bonchev–Trinajstić information content (AvgIpc) is 2.84. The van der Waals surface area contributed by atoms with Gasteiger partial charge in [0.15, 0.2) is 0 Å². The van der Waals surface area contributed by atoms with Crippen LogP contribution >= 0.6 is 0 Å². The smallest absolute Gasteiger partial charge is 0.387 e. The second-order valence-electron chi connectivity index (χ2n) is 3.37. The van der Waals surface area contributed by atoms with Crippen LogP contribution in [0.25, 0.3) is 0 Å². The largest absolute Gasteiger partial charge is 0.472 e. The lowest BCUT2D eigenvalue weighted by Gasteiger charge is -2.06. The summed E-state index contributed by atoms with van der Waals surface area (Å²) < 4.78 is 32.8. The van der Waals surface area contributed by atoms with Gasteiger partial charge in [-0.3, -0.25) is 4.79 Å². The van der Waals surface area contributed by atoms with Gasteiger partial charge in [0, 0.05) is 5.69 Å². The number of carbonyl (C=O) groups excluding carboxylic acids is 1. The topological polar surface area (TPSA) is 51.5 Å². The first-order valence-corrected chi connectivity index (χ1v) is 5.03. The molecule has 0 fully saturated rings. The van der Waals surface area contributed by atoms with Crippen LogP contribution in [-0.2, 0) is 0 Å². The first-order chi connectivity index (χ1) is 8.65. The second kappa shape index (κ2) is 5.31. The normalized spacial score (nSPS) is 10.4. The molecule has 0 saturated heterocycles. The van der Waals surface area contributed by atoms with Crippen LogP contribution in [0.3, 0.4) is 0 Å². The summed E-state index contributed by atoms with van der Waals surface area (Å²) in [5.41, 5.74) is 0.853. The number of ether oxygens (including phenoxy) is 1. The molecule has 1 aromatic heterocycles. The van der Waals surface area contributed by atoms with E-state index in [2.05, 4.69) is 10.1 Å². The number of carbonyl (C=O) groups is 1. The van der Waals surface area contributed by atoms with E-state index < -0.39 is 6.61 Å². The molecule has 94 valence electrons. The Kier molecular flexibility index (Phi) is 3.57. The number of hydrogen-bond acceptors (Lipinski definition) is 3. The van der Waals surface area contributed by atoms with E-state index >= 15 is 0 Å². The zero-order valence-corrected chi connectivity index (χ0v) is 9.10. The third-order valence-corrected chi connectivity index (χ3v) is 2.12. The minimum absolute atomic E-state index is 0.0336. The average molecular weight is 253 g/mol. The molecule has 1 aromatic carbocycles. The van der Waals surface area contributed by atoms with Gasteiger partial charge in [-0.15, -0.1) is 0 Å². The van der Waals surface area contributed by atoms with Gasteiger partial charge in [0.05, 0.1) is 11.8 Å². The molecular weight excluding hydrogens is 244 g/mol. The minimum atomic E-state index is -2.86. The Morgan fingerprint density at radius 3 is 2.50 bits per heavy atom. The highest BCUT2D eigenvalue weighted by molar-refractivity contribution is 6.03. The van der Waals surface area contributed by atoms with E-state index in [-0.39, 0.29) is 11.7 Å². The summed E-state index contributed by atoms with van der Waals surface area (Å²) in [4.78, 5) is 11.6. The van der Waals surface area contributed by atoms with Gasteiger partial charge in [-0.05, 0) is 30.3 Å². The van der Waals surface area contributed by atoms with E-state index in [4.69, 9.17) is 4.42 Å². The zero-order valence-electron chi connectivity index (χ0n) is 9.10. The van der Waals surface area contributed by atoms with Crippen LogP contribution in [0.1, 0.15) is 10.4 Å². The summed E-state index contributed by atoms with van der Waals surface area (Å²) in [6, 6.07) is 7.14. The zero-order chi connectivity index (χ0) is 13.0. The molecule has 18 heavy (non-hydrogen) atoms. The highest BCUT2D eigenvalue weighted by Gasteiger charge is 2.08. The molecule has 1 heterocycles. The van der Waals surface area contributed by atoms with E-state index in [1.54, 1.807) is 0 Å². The summed E-state index contributed by atoms with van der Waals surface area (Å²) in [6.45, 7) is -2.86. The molecule has 0 atom stereocenters. The van der Waals surface area contributed by atoms with Gasteiger partial charge in [-0.2, -0.15) is 8.78 Å². The Morgan fingerprint density at radius 2 is 1.94 bits per heavy atom. The van der Waals surface area contributed by atoms with Crippen molar-refractivity contribution >= 4 is 11.6 Å². The molecule has 2 aromatic rings. The van der Waals surface area contributed by atoms with Gasteiger partial charge < -0.3 is 14.5 Å². The molecule has 0 radical (unpaired) electrons. The third kappa shape index (κ3) is 3.07. The van der Waals surface area contributed by atoms with Crippen LogP contribution in [0.5, 0.6) is 5.75 Å². The SMILES string of the molecule is O=C(Nc1ccc(OC(F)F)cc1)c1ccoc1. The fourth-order valence-electron chi connectivity index (χ4n) is 1.32. The molecule has 0 aliphatic carbocycles. The molecule has 1 N–H and O–H groups in total. The van der Waals surface area contributed by atoms with Gasteiger partial charge >= 0.3 is 6.61 Å². The van der Waals surface area contributed by atoms with Crippen LogP contribution < -0.4 is 10.1 Å². The van der Waals surface area contributed by atoms with Crippen molar-refractivity contribution < 1.29 is 22.7 Å². The molecule has 0 spiro atoms. The Labute approximate surface area is 101 Å². The van der Waals surface area contributed by atoms with Crippen molar-refractivity contribution in [1.29, 1.82) is 0 Å². The van der Waals surface area contributed by atoms with Crippen molar-refractivity contribution in [2.45, 2.75) is 6.61 Å². The van der Waals surface area contributed by atoms with E-state index in [9.17, 15) is 13.6 Å². The van der Waals surface area contributed by atoms with E-state index in [1.165, 1.54) is 42.9 Å². The van der Waals surface area contributed by atoms with Gasteiger partial charge in [-0.25, -0.2) is 0 Å². The Hall–Kier alpha value is -2.37. The Morgan fingerprint density at radius 1 is 1.22 bits per heavy atom. The third-order valence-electron chi connectivity index (χ3n) is 2.12. The Bertz CT molecular complexity index is 509. The van der Waals surface area contributed by atoms with Crippen molar-refractivity contribution in [3.05, 3.63) is 48.4 Å². The van der Waals surface area contributed by atoms with Crippen LogP contribution in [0.15, 0.2) is 47.3 Å². The maximum absolute atomic E-state index is 11.9. The van der Waals surface area contributed by atoms with E-state index in [1.807, 2.05) is 0 Å². The molecule has 2 rings (SSSR count). The van der Waals surface area contributed by atoms with Crippen molar-refractivity contribution in [3.8, 4) is 5.75 Å². The van der Waals surface area contributed by atoms with Crippen LogP contribution in [-0.4, -0.2) is 12.5 Å². The Balaban J connectivity index is 2.00. The molecular formula is C12H9F2NO3. The molecule has 0 saturated carbocycles. The first-order valence-electron chi connectivity index (χ1n) is 5.03. The van der Waals surface area contributed by atoms with Crippen molar-refractivity contribution in [2.75, 3.05) is 5.32 Å². The second-order valence-corrected chi connectivity index (χ2v) is 3.37. The van der Waals surface area contributed by atoms with Crippen LogP contribution in [0, 0.1) is 0 Å². The summed E-state index contributed by atoms with van der Waals surface area (Å²) in [5.74, 6) is -0.308. The molecule has 4 nitrogen and oxygen atoms in total. The number of rotatable bonds is 4. The summed E-state index contributed by atoms with van der Waals surface area (Å²) in [5, 5.41) is 2.58. The standard InChI is InChI=1S/C12H9F2NO3/c13-12(14)18-10-3-1-9(2-4-10)15-11(16)8-5-6-17-7-8/h1-7,12H,(H,15,16). The number of nitrogens with one attached hydrogen (secondary N) is 1. The predicted octanol–water partition coefficient (Wildman–Crippen LogP) is 3.13. The van der Waals surface area contributed by atoms with Crippen LogP contribution in [0.4, 0.5) is 14.5 Å². The monoisotopic (exact) mass is 253 g/mol. The number of benzene rings is 1. The fraction of sp³-hybridized carbons (Fsp3) is 0.0833. The van der Waals surface area contributed by atoms with Crippen molar-refractivity contribution in [2.24, 2.45) is 0 Å². The van der Waals surface area contributed by atoms with Gasteiger partial charge in [0.1, 0.15) is 12.0 Å². The molecule has 0 unspecified atom stereocenters. The van der Waals surface area contributed by atoms with Gasteiger partial charge in [0.25, 0.3) is 5.91 Å². The maximum Gasteiger partial charge on any atom is 0.387 e. The van der Waals surface area contributed by atoms with Crippen molar-refractivity contribution in [3.63, 3.8) is 0 Å². The highest BCUT2D eigenvalue weighted by atomic mass is 19.3. The van der Waals surface area contributed by atoms with Crippen molar-refractivity contribution in [1.82, 2.24) is 0 Å². The number of amides is 1. The lowest BCUT2D eigenvalue weighted by Crippen LogP contribution is -2.10. The van der Waals surface area contributed by atoms with E-state index in [0.717, 1.165) is 0 Å². The number of alkyl halides is 2.